The van der Waals surface area contributed by atoms with Gasteiger partial charge in [-0.15, -0.1) is 0 Å². The molecule has 76 valence electrons. The number of furan rings is 1. The Labute approximate surface area is 95.1 Å². The minimum Gasteiger partial charge on any atom is -0.444 e. The molecule has 1 heterocycles. The highest BCUT2D eigenvalue weighted by molar-refractivity contribution is 9.10. The van der Waals surface area contributed by atoms with E-state index in [0.717, 1.165) is 21.0 Å². The summed E-state index contributed by atoms with van der Waals surface area (Å²) in [6.07, 6.45) is 0. The van der Waals surface area contributed by atoms with Crippen molar-refractivity contribution in [3.63, 3.8) is 0 Å². The molecule has 3 nitrogen and oxygen atoms in total. The second kappa shape index (κ2) is 3.69. The average molecular weight is 266 g/mol. The van der Waals surface area contributed by atoms with Crippen molar-refractivity contribution in [3.8, 4) is 6.07 Å². The van der Waals surface area contributed by atoms with Crippen LogP contribution in [0.2, 0.25) is 0 Å². The van der Waals surface area contributed by atoms with Crippen molar-refractivity contribution in [1.82, 2.24) is 0 Å². The third kappa shape index (κ3) is 1.54. The molecule has 2 aromatic rings. The van der Waals surface area contributed by atoms with Crippen LogP contribution in [0.3, 0.4) is 0 Å². The van der Waals surface area contributed by atoms with Gasteiger partial charge in [-0.2, -0.15) is 5.26 Å². The predicted octanol–water partition coefficient (Wildman–Crippen LogP) is 2.87. The minimum absolute atomic E-state index is 0.0267. The van der Waals surface area contributed by atoms with Gasteiger partial charge in [0.05, 0.1) is 11.1 Å². The number of hydrogen-bond donors (Lipinski definition) is 1. The molecule has 15 heavy (non-hydrogen) atoms. The largest absolute Gasteiger partial charge is 0.444 e. The number of fused-ring (bicyclic) bond motifs is 1. The molecule has 1 aromatic carbocycles. The highest BCUT2D eigenvalue weighted by atomic mass is 79.9. The van der Waals surface area contributed by atoms with Crippen molar-refractivity contribution in [3.05, 3.63) is 33.5 Å². The van der Waals surface area contributed by atoms with E-state index in [1.54, 1.807) is 6.07 Å². The number of rotatable bonds is 1. The van der Waals surface area contributed by atoms with E-state index in [9.17, 15) is 0 Å². The SMILES string of the molecule is Cc1c(C#N)oc2c(Br)cc(CO)cc12. The van der Waals surface area contributed by atoms with Crippen molar-refractivity contribution in [2.45, 2.75) is 13.5 Å². The van der Waals surface area contributed by atoms with Crippen LogP contribution in [0.5, 0.6) is 0 Å². The van der Waals surface area contributed by atoms with Gasteiger partial charge in [0.15, 0.2) is 0 Å². The fraction of sp³-hybridized carbons (Fsp3) is 0.182. The Kier molecular flexibility index (Phi) is 2.51. The molecule has 0 bridgehead atoms. The second-order valence-electron chi connectivity index (χ2n) is 3.28. The van der Waals surface area contributed by atoms with Gasteiger partial charge >= 0.3 is 0 Å². The summed E-state index contributed by atoms with van der Waals surface area (Å²) in [4.78, 5) is 0. The fourth-order valence-corrected chi connectivity index (χ4v) is 2.12. The van der Waals surface area contributed by atoms with Crippen LogP contribution >= 0.6 is 15.9 Å². The lowest BCUT2D eigenvalue weighted by atomic mass is 10.1. The third-order valence-corrected chi connectivity index (χ3v) is 2.93. The Morgan fingerprint density at radius 3 is 2.87 bits per heavy atom. The molecule has 1 N–H and O–H groups in total. The maximum Gasteiger partial charge on any atom is 0.207 e. The highest BCUT2D eigenvalue weighted by Crippen LogP contribution is 2.32. The predicted molar refractivity (Wildman–Crippen MR) is 59.3 cm³/mol. The zero-order valence-corrected chi connectivity index (χ0v) is 9.63. The van der Waals surface area contributed by atoms with Crippen LogP contribution in [0.15, 0.2) is 21.0 Å². The first kappa shape index (κ1) is 10.2. The van der Waals surface area contributed by atoms with Crippen molar-refractivity contribution in [1.29, 1.82) is 5.26 Å². The van der Waals surface area contributed by atoms with Crippen LogP contribution in [0.25, 0.3) is 11.0 Å². The maximum absolute atomic E-state index is 9.06. The molecule has 0 aliphatic rings. The van der Waals surface area contributed by atoms with Gasteiger partial charge in [-0.05, 0) is 40.5 Å². The van der Waals surface area contributed by atoms with Crippen molar-refractivity contribution >= 4 is 26.9 Å². The van der Waals surface area contributed by atoms with Crippen LogP contribution < -0.4 is 0 Å². The Morgan fingerprint density at radius 1 is 1.53 bits per heavy atom. The smallest absolute Gasteiger partial charge is 0.207 e. The van der Waals surface area contributed by atoms with Crippen LogP contribution in [-0.2, 0) is 6.61 Å². The van der Waals surface area contributed by atoms with E-state index >= 15 is 0 Å². The summed E-state index contributed by atoms with van der Waals surface area (Å²) in [5.74, 6) is 0.320. The van der Waals surface area contributed by atoms with E-state index in [1.165, 1.54) is 0 Å². The molecule has 0 fully saturated rings. The summed E-state index contributed by atoms with van der Waals surface area (Å²) >= 11 is 3.35. The van der Waals surface area contributed by atoms with Crippen LogP contribution in [0, 0.1) is 18.3 Å². The van der Waals surface area contributed by atoms with Crippen molar-refractivity contribution in [2.24, 2.45) is 0 Å². The molecule has 0 radical (unpaired) electrons. The Balaban J connectivity index is 2.85. The lowest BCUT2D eigenvalue weighted by Crippen LogP contribution is -1.83. The number of hydrogen-bond acceptors (Lipinski definition) is 3. The van der Waals surface area contributed by atoms with E-state index < -0.39 is 0 Å². The van der Waals surface area contributed by atoms with Gasteiger partial charge in [-0.1, -0.05) is 0 Å². The number of nitrogens with zero attached hydrogens (tertiary/aromatic N) is 1. The summed E-state index contributed by atoms with van der Waals surface area (Å²) in [6.45, 7) is 1.80. The Hall–Kier alpha value is -1.31. The lowest BCUT2D eigenvalue weighted by molar-refractivity contribution is 0.282. The first-order valence-corrected chi connectivity index (χ1v) is 5.19. The standard InChI is InChI=1S/C11H8BrNO2/c1-6-8-2-7(5-14)3-9(12)11(8)15-10(6)4-13/h2-3,14H,5H2,1H3. The summed E-state index contributed by atoms with van der Waals surface area (Å²) in [5.41, 5.74) is 2.26. The van der Waals surface area contributed by atoms with Gasteiger partial charge in [-0.25, -0.2) is 0 Å². The molecule has 0 spiro atoms. The number of aliphatic hydroxyl groups excluding tert-OH is 1. The van der Waals surface area contributed by atoms with Gasteiger partial charge in [-0.3, -0.25) is 0 Å². The molecule has 0 unspecified atom stereocenters. The molecule has 0 aliphatic heterocycles. The highest BCUT2D eigenvalue weighted by Gasteiger charge is 2.13. The molecular weight excluding hydrogens is 258 g/mol. The molecule has 2 rings (SSSR count). The Bertz CT molecular complexity index is 566. The van der Waals surface area contributed by atoms with Crippen LogP contribution in [0.1, 0.15) is 16.9 Å². The molecule has 4 heteroatoms. The first-order chi connectivity index (χ1) is 7.17. The van der Waals surface area contributed by atoms with E-state index in [0.29, 0.717) is 11.3 Å². The number of aryl methyl sites for hydroxylation is 1. The van der Waals surface area contributed by atoms with Gasteiger partial charge in [0.1, 0.15) is 11.7 Å². The summed E-state index contributed by atoms with van der Waals surface area (Å²) in [7, 11) is 0. The molecule has 0 atom stereocenters. The molecule has 0 saturated heterocycles. The monoisotopic (exact) mass is 265 g/mol. The zero-order valence-electron chi connectivity index (χ0n) is 8.04. The van der Waals surface area contributed by atoms with E-state index in [2.05, 4.69) is 15.9 Å². The zero-order chi connectivity index (χ0) is 11.0. The Morgan fingerprint density at radius 2 is 2.27 bits per heavy atom. The number of aliphatic hydroxyl groups is 1. The van der Waals surface area contributed by atoms with E-state index in [-0.39, 0.29) is 6.61 Å². The van der Waals surface area contributed by atoms with Gasteiger partial charge in [0.2, 0.25) is 5.76 Å². The number of nitriles is 1. The van der Waals surface area contributed by atoms with Crippen LogP contribution in [-0.4, -0.2) is 5.11 Å². The van der Waals surface area contributed by atoms with Gasteiger partial charge in [0.25, 0.3) is 0 Å². The van der Waals surface area contributed by atoms with Crippen molar-refractivity contribution in [2.75, 3.05) is 0 Å². The summed E-state index contributed by atoms with van der Waals surface area (Å²) in [6, 6.07) is 5.62. The molecule has 0 saturated carbocycles. The minimum atomic E-state index is -0.0267. The molecule has 1 aromatic heterocycles. The average Bonchev–Trinajstić information content (AvgIpc) is 2.56. The molecule has 0 amide bonds. The van der Waals surface area contributed by atoms with Crippen molar-refractivity contribution < 1.29 is 9.52 Å². The summed E-state index contributed by atoms with van der Waals surface area (Å²) in [5, 5.41) is 18.8. The quantitative estimate of drug-likeness (QED) is 0.863. The third-order valence-electron chi connectivity index (χ3n) is 2.34. The normalized spacial score (nSPS) is 10.5. The molecule has 0 aliphatic carbocycles. The topological polar surface area (TPSA) is 57.2 Å². The second-order valence-corrected chi connectivity index (χ2v) is 4.13. The van der Waals surface area contributed by atoms with Crippen LogP contribution in [0.4, 0.5) is 0 Å². The first-order valence-electron chi connectivity index (χ1n) is 4.40. The number of benzene rings is 1. The lowest BCUT2D eigenvalue weighted by Gasteiger charge is -1.98. The number of halogens is 1. The van der Waals surface area contributed by atoms with E-state index in [1.807, 2.05) is 19.1 Å². The fourth-order valence-electron chi connectivity index (χ4n) is 1.53. The van der Waals surface area contributed by atoms with Gasteiger partial charge in [0, 0.05) is 10.9 Å². The molecular formula is C11H8BrNO2. The van der Waals surface area contributed by atoms with Gasteiger partial charge < -0.3 is 9.52 Å². The van der Waals surface area contributed by atoms with E-state index in [4.69, 9.17) is 14.8 Å². The maximum atomic E-state index is 9.06. The summed E-state index contributed by atoms with van der Waals surface area (Å²) < 4.78 is 6.15.